The molecule has 3 rings (SSSR count). The molecule has 1 N–H and O–H groups in total. The van der Waals surface area contributed by atoms with Crippen molar-refractivity contribution in [3.8, 4) is 5.75 Å². The van der Waals surface area contributed by atoms with Crippen molar-refractivity contribution >= 4 is 29.1 Å². The summed E-state index contributed by atoms with van der Waals surface area (Å²) < 4.78 is 5.57. The number of carbonyl (C=O) groups excluding carboxylic acids is 2. The van der Waals surface area contributed by atoms with Crippen LogP contribution in [0.2, 0.25) is 5.02 Å². The Bertz CT molecular complexity index is 826. The monoisotopic (exact) mass is 400 g/mol. The summed E-state index contributed by atoms with van der Waals surface area (Å²) in [5.41, 5.74) is 1.92. The summed E-state index contributed by atoms with van der Waals surface area (Å²) in [6.45, 7) is 2.88. The zero-order chi connectivity index (χ0) is 19.9. The first kappa shape index (κ1) is 20.2. The molecular formula is C22H25ClN2O3. The molecule has 0 saturated heterocycles. The van der Waals surface area contributed by atoms with Crippen molar-refractivity contribution < 1.29 is 14.3 Å². The van der Waals surface area contributed by atoms with Crippen molar-refractivity contribution in [1.82, 2.24) is 5.32 Å². The second-order valence-corrected chi connectivity index (χ2v) is 7.44. The molecule has 0 aromatic heterocycles. The number of anilines is 1. The Labute approximate surface area is 170 Å². The van der Waals surface area contributed by atoms with E-state index in [-0.39, 0.29) is 30.7 Å². The summed E-state index contributed by atoms with van der Waals surface area (Å²) in [6.07, 6.45) is 2.09. The van der Waals surface area contributed by atoms with E-state index in [0.717, 1.165) is 12.8 Å². The number of carbonyl (C=O) groups is 2. The van der Waals surface area contributed by atoms with E-state index in [0.29, 0.717) is 29.6 Å². The van der Waals surface area contributed by atoms with Gasteiger partial charge in [0.2, 0.25) is 11.8 Å². The Morgan fingerprint density at radius 3 is 2.75 bits per heavy atom. The highest BCUT2D eigenvalue weighted by atomic mass is 35.5. The number of halogens is 1. The SMILES string of the molecule is CC(CCc1ccccc1)NC(=O)CCC(=O)N1CCOc2ccc(Cl)cc21. The minimum absolute atomic E-state index is 0.0609. The van der Waals surface area contributed by atoms with Crippen LogP contribution in [-0.2, 0) is 16.0 Å². The molecule has 148 valence electrons. The molecule has 1 atom stereocenters. The molecule has 1 unspecified atom stereocenters. The van der Waals surface area contributed by atoms with Crippen LogP contribution >= 0.6 is 11.6 Å². The fourth-order valence-corrected chi connectivity index (χ4v) is 3.42. The molecule has 1 aliphatic heterocycles. The molecular weight excluding hydrogens is 376 g/mol. The van der Waals surface area contributed by atoms with Gasteiger partial charge in [-0.05, 0) is 43.5 Å². The zero-order valence-electron chi connectivity index (χ0n) is 16.0. The standard InChI is InChI=1S/C22H25ClN2O3/c1-16(7-8-17-5-3-2-4-6-17)24-21(26)11-12-22(27)25-13-14-28-20-10-9-18(23)15-19(20)25/h2-6,9-10,15-16H,7-8,11-14H2,1H3,(H,24,26). The van der Waals surface area contributed by atoms with Gasteiger partial charge in [-0.2, -0.15) is 0 Å². The number of rotatable bonds is 7. The Balaban J connectivity index is 1.46. The highest BCUT2D eigenvalue weighted by Crippen LogP contribution is 2.34. The summed E-state index contributed by atoms with van der Waals surface area (Å²) in [7, 11) is 0. The van der Waals surface area contributed by atoms with E-state index < -0.39 is 0 Å². The lowest BCUT2D eigenvalue weighted by Gasteiger charge is -2.29. The third kappa shape index (κ3) is 5.49. The number of nitrogens with zero attached hydrogens (tertiary/aromatic N) is 1. The molecule has 0 fully saturated rings. The lowest BCUT2D eigenvalue weighted by Crippen LogP contribution is -2.39. The minimum atomic E-state index is -0.103. The number of hydrogen-bond acceptors (Lipinski definition) is 3. The smallest absolute Gasteiger partial charge is 0.227 e. The number of amides is 2. The van der Waals surface area contributed by atoms with Gasteiger partial charge in [0.1, 0.15) is 12.4 Å². The van der Waals surface area contributed by atoms with Crippen LogP contribution in [0.1, 0.15) is 31.7 Å². The van der Waals surface area contributed by atoms with E-state index in [1.807, 2.05) is 25.1 Å². The number of fused-ring (bicyclic) bond motifs is 1. The normalized spacial score (nSPS) is 14.0. The van der Waals surface area contributed by atoms with Gasteiger partial charge in [-0.15, -0.1) is 0 Å². The maximum atomic E-state index is 12.6. The summed E-state index contributed by atoms with van der Waals surface area (Å²) >= 11 is 6.05. The van der Waals surface area contributed by atoms with Crippen LogP contribution in [0.3, 0.4) is 0 Å². The first-order valence-electron chi connectivity index (χ1n) is 9.59. The van der Waals surface area contributed by atoms with E-state index in [1.54, 1.807) is 23.1 Å². The fourth-order valence-electron chi connectivity index (χ4n) is 3.25. The average Bonchev–Trinajstić information content (AvgIpc) is 2.70. The highest BCUT2D eigenvalue weighted by molar-refractivity contribution is 6.31. The highest BCUT2D eigenvalue weighted by Gasteiger charge is 2.24. The zero-order valence-corrected chi connectivity index (χ0v) is 16.7. The average molecular weight is 401 g/mol. The minimum Gasteiger partial charge on any atom is -0.490 e. The number of hydrogen-bond donors (Lipinski definition) is 1. The van der Waals surface area contributed by atoms with Crippen LogP contribution in [-0.4, -0.2) is 31.0 Å². The van der Waals surface area contributed by atoms with Crippen LogP contribution in [0.5, 0.6) is 5.75 Å². The molecule has 28 heavy (non-hydrogen) atoms. The molecule has 1 heterocycles. The van der Waals surface area contributed by atoms with E-state index in [4.69, 9.17) is 16.3 Å². The van der Waals surface area contributed by atoms with Gasteiger partial charge in [0.05, 0.1) is 12.2 Å². The van der Waals surface area contributed by atoms with Crippen molar-refractivity contribution in [3.63, 3.8) is 0 Å². The molecule has 0 radical (unpaired) electrons. The van der Waals surface area contributed by atoms with Crippen molar-refractivity contribution in [2.24, 2.45) is 0 Å². The fraction of sp³-hybridized carbons (Fsp3) is 0.364. The van der Waals surface area contributed by atoms with Crippen molar-refractivity contribution in [2.75, 3.05) is 18.1 Å². The van der Waals surface area contributed by atoms with Gasteiger partial charge in [-0.1, -0.05) is 41.9 Å². The topological polar surface area (TPSA) is 58.6 Å². The van der Waals surface area contributed by atoms with Gasteiger partial charge >= 0.3 is 0 Å². The van der Waals surface area contributed by atoms with Gasteiger partial charge in [-0.25, -0.2) is 0 Å². The summed E-state index contributed by atoms with van der Waals surface area (Å²) in [4.78, 5) is 26.5. The Morgan fingerprint density at radius 2 is 1.96 bits per heavy atom. The molecule has 6 heteroatoms. The van der Waals surface area contributed by atoms with Crippen LogP contribution in [0.25, 0.3) is 0 Å². The number of ether oxygens (including phenoxy) is 1. The van der Waals surface area contributed by atoms with Crippen molar-refractivity contribution in [1.29, 1.82) is 0 Å². The molecule has 2 aromatic carbocycles. The molecule has 0 aliphatic carbocycles. The van der Waals surface area contributed by atoms with Crippen molar-refractivity contribution in [2.45, 2.75) is 38.6 Å². The third-order valence-electron chi connectivity index (χ3n) is 4.77. The van der Waals surface area contributed by atoms with E-state index >= 15 is 0 Å². The van der Waals surface area contributed by atoms with E-state index in [1.165, 1.54) is 5.56 Å². The summed E-state index contributed by atoms with van der Waals surface area (Å²) in [5, 5.41) is 3.53. The predicted molar refractivity (Wildman–Crippen MR) is 111 cm³/mol. The van der Waals surface area contributed by atoms with Gasteiger partial charge in [0.15, 0.2) is 0 Å². The Kier molecular flexibility index (Phi) is 6.93. The van der Waals surface area contributed by atoms with Crippen LogP contribution in [0.4, 0.5) is 5.69 Å². The number of nitrogens with one attached hydrogen (secondary N) is 1. The van der Waals surface area contributed by atoms with E-state index in [2.05, 4.69) is 17.4 Å². The lowest BCUT2D eigenvalue weighted by molar-refractivity contribution is -0.125. The largest absolute Gasteiger partial charge is 0.490 e. The van der Waals surface area contributed by atoms with Crippen LogP contribution in [0.15, 0.2) is 48.5 Å². The Hall–Kier alpha value is -2.53. The maximum Gasteiger partial charge on any atom is 0.227 e. The Morgan fingerprint density at radius 1 is 1.18 bits per heavy atom. The lowest BCUT2D eigenvalue weighted by atomic mass is 10.1. The van der Waals surface area contributed by atoms with E-state index in [9.17, 15) is 9.59 Å². The molecule has 2 aromatic rings. The molecule has 5 nitrogen and oxygen atoms in total. The molecule has 2 amide bonds. The molecule has 1 aliphatic rings. The van der Waals surface area contributed by atoms with Gasteiger partial charge < -0.3 is 15.0 Å². The summed E-state index contributed by atoms with van der Waals surface area (Å²) in [5.74, 6) is 0.440. The van der Waals surface area contributed by atoms with Gasteiger partial charge in [0, 0.05) is 23.9 Å². The molecule has 0 spiro atoms. The third-order valence-corrected chi connectivity index (χ3v) is 5.00. The first-order chi connectivity index (χ1) is 13.5. The molecule has 0 bridgehead atoms. The predicted octanol–water partition coefficient (Wildman–Crippen LogP) is 3.98. The van der Waals surface area contributed by atoms with Crippen molar-refractivity contribution in [3.05, 3.63) is 59.1 Å². The number of aryl methyl sites for hydroxylation is 1. The number of benzene rings is 2. The van der Waals surface area contributed by atoms with Crippen LogP contribution in [0, 0.1) is 0 Å². The molecule has 0 saturated carbocycles. The van der Waals surface area contributed by atoms with Gasteiger partial charge in [0.25, 0.3) is 0 Å². The second kappa shape index (κ2) is 9.60. The quantitative estimate of drug-likeness (QED) is 0.764. The maximum absolute atomic E-state index is 12.6. The summed E-state index contributed by atoms with van der Waals surface area (Å²) in [6, 6.07) is 15.5. The first-order valence-corrected chi connectivity index (χ1v) is 9.97. The van der Waals surface area contributed by atoms with Gasteiger partial charge in [-0.3, -0.25) is 9.59 Å². The second-order valence-electron chi connectivity index (χ2n) is 7.00. The van der Waals surface area contributed by atoms with Crippen LogP contribution < -0.4 is 15.0 Å².